The van der Waals surface area contributed by atoms with E-state index in [1.54, 1.807) is 24.1 Å². The first-order valence-corrected chi connectivity index (χ1v) is 17.1. The van der Waals surface area contributed by atoms with Gasteiger partial charge in [0.25, 0.3) is 5.91 Å². The van der Waals surface area contributed by atoms with Crippen molar-refractivity contribution in [2.45, 2.75) is 76.0 Å². The Morgan fingerprint density at radius 2 is 1.48 bits per heavy atom. The van der Waals surface area contributed by atoms with Crippen LogP contribution in [-0.4, -0.2) is 59.3 Å². The van der Waals surface area contributed by atoms with Crippen LogP contribution in [-0.2, 0) is 16.1 Å². The van der Waals surface area contributed by atoms with Gasteiger partial charge < -0.3 is 19.9 Å². The first kappa shape index (κ1) is 33.0. The number of hydrogen-bond donors (Lipinski definition) is 1. The third kappa shape index (κ3) is 7.46. The van der Waals surface area contributed by atoms with E-state index >= 15 is 0 Å². The van der Waals surface area contributed by atoms with Crippen LogP contribution in [0.1, 0.15) is 77.1 Å². The van der Waals surface area contributed by atoms with E-state index in [0.717, 1.165) is 54.4 Å². The Morgan fingerprint density at radius 1 is 0.812 bits per heavy atom. The molecule has 0 spiro atoms. The molecule has 48 heavy (non-hydrogen) atoms. The summed E-state index contributed by atoms with van der Waals surface area (Å²) in [6.07, 6.45) is 4.88. The number of likely N-dealkylation sites (tertiary alicyclic amines) is 1. The Bertz CT molecular complexity index is 1650. The number of amides is 3. The number of carbonyl (C=O) groups is 3. The molecule has 1 saturated carbocycles. The number of rotatable bonds is 10. The summed E-state index contributed by atoms with van der Waals surface area (Å²) in [6, 6.07) is 34.1. The third-order valence-corrected chi connectivity index (χ3v) is 9.84. The number of carbonyl (C=O) groups excluding carboxylic acids is 3. The molecular weight excluding hydrogens is 598 g/mol. The molecule has 4 aromatic rings. The van der Waals surface area contributed by atoms with Gasteiger partial charge in [0.15, 0.2) is 0 Å². The SMILES string of the molecule is COc1ccc(C(=O)N(Cc2cccc(C)c2)[C@@H]2CCCC[C@H]2NC(=O)[C@@H]2CCCN2C(=O)C(c2ccccc2)c2ccccc2)cc1. The van der Waals surface area contributed by atoms with E-state index in [2.05, 4.69) is 30.4 Å². The van der Waals surface area contributed by atoms with Crippen LogP contribution in [0.3, 0.4) is 0 Å². The van der Waals surface area contributed by atoms with Crippen LogP contribution >= 0.6 is 0 Å². The van der Waals surface area contributed by atoms with Gasteiger partial charge >= 0.3 is 0 Å². The molecule has 0 unspecified atom stereocenters. The van der Waals surface area contributed by atoms with Crippen LogP contribution in [0, 0.1) is 6.92 Å². The maximum atomic E-state index is 14.3. The molecule has 0 aromatic heterocycles. The smallest absolute Gasteiger partial charge is 0.254 e. The molecule has 6 rings (SSSR count). The van der Waals surface area contributed by atoms with E-state index < -0.39 is 12.0 Å². The molecule has 1 saturated heterocycles. The summed E-state index contributed by atoms with van der Waals surface area (Å²) < 4.78 is 5.33. The summed E-state index contributed by atoms with van der Waals surface area (Å²) in [4.78, 5) is 46.5. The van der Waals surface area contributed by atoms with Crippen molar-refractivity contribution in [3.8, 4) is 5.75 Å². The Kier molecular flexibility index (Phi) is 10.5. The molecule has 2 aliphatic rings. The minimum Gasteiger partial charge on any atom is -0.497 e. The number of benzene rings is 4. The fraction of sp³-hybridized carbons (Fsp3) is 0.341. The van der Waals surface area contributed by atoms with E-state index in [1.807, 2.05) is 83.8 Å². The second-order valence-corrected chi connectivity index (χ2v) is 13.1. The highest BCUT2D eigenvalue weighted by molar-refractivity contribution is 5.95. The van der Waals surface area contributed by atoms with Gasteiger partial charge in [-0.05, 0) is 73.6 Å². The molecule has 248 valence electrons. The molecule has 3 amide bonds. The van der Waals surface area contributed by atoms with Crippen LogP contribution in [0.4, 0.5) is 0 Å². The van der Waals surface area contributed by atoms with Crippen molar-refractivity contribution in [1.29, 1.82) is 0 Å². The minimum atomic E-state index is -0.558. The van der Waals surface area contributed by atoms with Crippen molar-refractivity contribution < 1.29 is 19.1 Å². The van der Waals surface area contributed by atoms with Gasteiger partial charge in [-0.1, -0.05) is 103 Å². The lowest BCUT2D eigenvalue weighted by Gasteiger charge is -2.41. The number of ether oxygens (including phenoxy) is 1. The lowest BCUT2D eigenvalue weighted by atomic mass is 9.87. The minimum absolute atomic E-state index is 0.0546. The molecule has 1 heterocycles. The van der Waals surface area contributed by atoms with Crippen LogP contribution in [0.25, 0.3) is 0 Å². The standard InChI is InChI=1S/C41H45N3O4/c1-29-13-11-14-30(27-29)28-44(40(46)33-22-24-34(48-2)25-23-33)36-20-10-9-19-35(36)42-39(45)37-21-12-26-43(37)41(47)38(31-15-5-3-6-16-31)32-17-7-4-8-18-32/h3-8,11,13-18,22-25,27,35-38H,9-10,12,19-21,26,28H2,1-2H3,(H,42,45)/t35-,36-,37+/m1/s1. The van der Waals surface area contributed by atoms with Gasteiger partial charge in [0, 0.05) is 24.7 Å². The molecule has 7 nitrogen and oxygen atoms in total. The Balaban J connectivity index is 1.25. The predicted molar refractivity (Wildman–Crippen MR) is 188 cm³/mol. The topological polar surface area (TPSA) is 79.0 Å². The van der Waals surface area contributed by atoms with Crippen molar-refractivity contribution in [1.82, 2.24) is 15.1 Å². The number of hydrogen-bond acceptors (Lipinski definition) is 4. The van der Waals surface area contributed by atoms with E-state index in [-0.39, 0.29) is 29.8 Å². The molecule has 3 atom stereocenters. The van der Waals surface area contributed by atoms with E-state index in [1.165, 1.54) is 0 Å². The highest BCUT2D eigenvalue weighted by Gasteiger charge is 2.41. The zero-order valence-corrected chi connectivity index (χ0v) is 27.9. The van der Waals surface area contributed by atoms with Gasteiger partial charge in [-0.3, -0.25) is 14.4 Å². The van der Waals surface area contributed by atoms with Gasteiger partial charge in [0.1, 0.15) is 11.8 Å². The van der Waals surface area contributed by atoms with Crippen LogP contribution in [0.5, 0.6) is 5.75 Å². The maximum Gasteiger partial charge on any atom is 0.254 e. The van der Waals surface area contributed by atoms with Gasteiger partial charge in [-0.25, -0.2) is 0 Å². The molecule has 1 aliphatic heterocycles. The fourth-order valence-electron chi connectivity index (χ4n) is 7.42. The summed E-state index contributed by atoms with van der Waals surface area (Å²) >= 11 is 0. The molecule has 0 radical (unpaired) electrons. The van der Waals surface area contributed by atoms with E-state index in [0.29, 0.717) is 30.8 Å². The largest absolute Gasteiger partial charge is 0.497 e. The van der Waals surface area contributed by atoms with Crippen molar-refractivity contribution in [2.75, 3.05) is 13.7 Å². The lowest BCUT2D eigenvalue weighted by Crippen LogP contribution is -2.58. The van der Waals surface area contributed by atoms with E-state index in [4.69, 9.17) is 4.74 Å². The molecule has 7 heteroatoms. The summed E-state index contributed by atoms with van der Waals surface area (Å²) in [5.74, 6) is -0.0604. The average Bonchev–Trinajstić information content (AvgIpc) is 3.62. The number of nitrogens with zero attached hydrogens (tertiary/aromatic N) is 2. The third-order valence-electron chi connectivity index (χ3n) is 9.84. The van der Waals surface area contributed by atoms with Crippen LogP contribution in [0.15, 0.2) is 109 Å². The average molecular weight is 644 g/mol. The van der Waals surface area contributed by atoms with Crippen molar-refractivity contribution in [2.24, 2.45) is 0 Å². The summed E-state index contributed by atoms with van der Waals surface area (Å²) in [6.45, 7) is 3.03. The molecule has 1 N–H and O–H groups in total. The number of nitrogens with one attached hydrogen (secondary N) is 1. The Labute approximate surface area is 283 Å². The van der Waals surface area contributed by atoms with Crippen LogP contribution in [0.2, 0.25) is 0 Å². The monoisotopic (exact) mass is 643 g/mol. The van der Waals surface area contributed by atoms with Crippen LogP contribution < -0.4 is 10.1 Å². The van der Waals surface area contributed by atoms with Crippen molar-refractivity contribution >= 4 is 17.7 Å². The normalized spacial score (nSPS) is 19.1. The second-order valence-electron chi connectivity index (χ2n) is 13.1. The van der Waals surface area contributed by atoms with Crippen molar-refractivity contribution in [3.05, 3.63) is 137 Å². The highest BCUT2D eigenvalue weighted by atomic mass is 16.5. The maximum absolute atomic E-state index is 14.3. The van der Waals surface area contributed by atoms with Gasteiger partial charge in [-0.2, -0.15) is 0 Å². The zero-order chi connectivity index (χ0) is 33.5. The van der Waals surface area contributed by atoms with Gasteiger partial charge in [0.05, 0.1) is 19.1 Å². The first-order chi connectivity index (χ1) is 23.4. The molecule has 2 fully saturated rings. The molecular formula is C41H45N3O4. The first-order valence-electron chi connectivity index (χ1n) is 17.1. The Morgan fingerprint density at radius 3 is 2.12 bits per heavy atom. The van der Waals surface area contributed by atoms with Gasteiger partial charge in [-0.15, -0.1) is 0 Å². The Hall–Kier alpha value is -4.91. The quantitative estimate of drug-likeness (QED) is 0.204. The second kappa shape index (κ2) is 15.3. The highest BCUT2D eigenvalue weighted by Crippen LogP contribution is 2.32. The number of aryl methyl sites for hydroxylation is 1. The molecule has 0 bridgehead atoms. The fourth-order valence-corrected chi connectivity index (χ4v) is 7.42. The molecule has 1 aliphatic carbocycles. The summed E-state index contributed by atoms with van der Waals surface area (Å²) in [5, 5.41) is 3.37. The van der Waals surface area contributed by atoms with E-state index in [9.17, 15) is 14.4 Å². The van der Waals surface area contributed by atoms with Gasteiger partial charge in [0.2, 0.25) is 11.8 Å². The summed E-state index contributed by atoms with van der Waals surface area (Å²) in [7, 11) is 1.61. The predicted octanol–water partition coefficient (Wildman–Crippen LogP) is 6.90. The lowest BCUT2D eigenvalue weighted by molar-refractivity contribution is -0.139. The van der Waals surface area contributed by atoms with Crippen molar-refractivity contribution in [3.63, 3.8) is 0 Å². The zero-order valence-electron chi connectivity index (χ0n) is 27.9. The molecule has 4 aromatic carbocycles. The summed E-state index contributed by atoms with van der Waals surface area (Å²) in [5.41, 5.74) is 4.59. The number of methoxy groups -OCH3 is 1.